The van der Waals surface area contributed by atoms with Crippen molar-refractivity contribution in [2.75, 3.05) is 26.7 Å². The summed E-state index contributed by atoms with van der Waals surface area (Å²) in [6.07, 6.45) is 1.31. The fraction of sp³-hybridized carbons (Fsp3) is 0.471. The van der Waals surface area contributed by atoms with Crippen molar-refractivity contribution in [3.8, 4) is 0 Å². The summed E-state index contributed by atoms with van der Waals surface area (Å²) in [4.78, 5) is 7.20. The van der Waals surface area contributed by atoms with Crippen LogP contribution >= 0.6 is 0 Å². The first-order valence-electron chi connectivity index (χ1n) is 7.48. The van der Waals surface area contributed by atoms with Crippen LogP contribution in [0.15, 0.2) is 30.3 Å². The Bertz CT molecular complexity index is 594. The molecule has 106 valence electrons. The number of hydrogen-bond acceptors (Lipinski definition) is 3. The highest BCUT2D eigenvalue weighted by Crippen LogP contribution is 2.23. The summed E-state index contributed by atoms with van der Waals surface area (Å²) in [6, 6.07) is 10.7. The van der Waals surface area contributed by atoms with E-state index in [0.29, 0.717) is 0 Å². The van der Waals surface area contributed by atoms with Gasteiger partial charge in [-0.25, -0.2) is 0 Å². The van der Waals surface area contributed by atoms with Gasteiger partial charge in [-0.15, -0.1) is 0 Å². The van der Waals surface area contributed by atoms with E-state index >= 15 is 0 Å². The summed E-state index contributed by atoms with van der Waals surface area (Å²) in [5, 5.41) is 4.60. The Morgan fingerprint density at radius 2 is 2.20 bits per heavy atom. The minimum absolute atomic E-state index is 0.800. The third-order valence-electron chi connectivity index (χ3n) is 4.19. The van der Waals surface area contributed by atoms with Crippen molar-refractivity contribution < 1.29 is 0 Å². The molecule has 1 aliphatic rings. The molecule has 0 spiro atoms. The van der Waals surface area contributed by atoms with E-state index in [-0.39, 0.29) is 0 Å². The van der Waals surface area contributed by atoms with E-state index in [0.717, 1.165) is 30.2 Å². The van der Waals surface area contributed by atoms with E-state index in [9.17, 15) is 0 Å². The molecule has 2 aromatic rings. The van der Waals surface area contributed by atoms with Gasteiger partial charge in [0.1, 0.15) is 0 Å². The number of rotatable bonds is 4. The molecule has 1 atom stereocenters. The smallest absolute Gasteiger partial charge is 0.0708 e. The zero-order valence-corrected chi connectivity index (χ0v) is 12.4. The lowest BCUT2D eigenvalue weighted by Crippen LogP contribution is -2.24. The molecule has 3 rings (SSSR count). The van der Waals surface area contributed by atoms with Gasteiger partial charge in [0.15, 0.2) is 0 Å². The Labute approximate surface area is 121 Å². The van der Waals surface area contributed by atoms with Gasteiger partial charge in [0.25, 0.3) is 0 Å². The number of nitrogens with zero attached hydrogens (tertiary/aromatic N) is 2. The molecule has 0 bridgehead atoms. The summed E-state index contributed by atoms with van der Waals surface area (Å²) >= 11 is 0. The second-order valence-electron chi connectivity index (χ2n) is 5.89. The highest BCUT2D eigenvalue weighted by Gasteiger charge is 2.22. The van der Waals surface area contributed by atoms with Crippen molar-refractivity contribution in [1.29, 1.82) is 0 Å². The lowest BCUT2D eigenvalue weighted by Gasteiger charge is -2.17. The second kappa shape index (κ2) is 5.90. The molecule has 1 unspecified atom stereocenters. The van der Waals surface area contributed by atoms with Crippen LogP contribution in [0.5, 0.6) is 0 Å². The number of hydrogen-bond donors (Lipinski definition) is 1. The van der Waals surface area contributed by atoms with Crippen LogP contribution in [0.4, 0.5) is 0 Å². The summed E-state index contributed by atoms with van der Waals surface area (Å²) in [5.74, 6) is 0.800. The Balaban J connectivity index is 1.81. The molecule has 1 aliphatic heterocycles. The molecule has 0 aliphatic carbocycles. The number of aryl methyl sites for hydroxylation is 1. The van der Waals surface area contributed by atoms with Crippen LogP contribution in [0.2, 0.25) is 0 Å². The minimum atomic E-state index is 0.800. The van der Waals surface area contributed by atoms with Gasteiger partial charge < -0.3 is 5.32 Å². The Morgan fingerprint density at radius 3 is 3.05 bits per heavy atom. The maximum absolute atomic E-state index is 4.63. The van der Waals surface area contributed by atoms with Gasteiger partial charge in [0.05, 0.1) is 5.52 Å². The lowest BCUT2D eigenvalue weighted by atomic mass is 10.1. The van der Waals surface area contributed by atoms with Gasteiger partial charge >= 0.3 is 0 Å². The number of fused-ring (bicyclic) bond motifs is 1. The van der Waals surface area contributed by atoms with Crippen molar-refractivity contribution in [2.24, 2.45) is 5.92 Å². The number of para-hydroxylation sites is 1. The monoisotopic (exact) mass is 269 g/mol. The molecule has 0 saturated carbocycles. The maximum atomic E-state index is 4.63. The summed E-state index contributed by atoms with van der Waals surface area (Å²) in [5.41, 5.74) is 3.65. The number of nitrogens with one attached hydrogen (secondary N) is 1. The van der Waals surface area contributed by atoms with E-state index < -0.39 is 0 Å². The largest absolute Gasteiger partial charge is 0.319 e. The van der Waals surface area contributed by atoms with Crippen LogP contribution in [0, 0.1) is 12.8 Å². The molecule has 0 amide bonds. The van der Waals surface area contributed by atoms with Gasteiger partial charge in [0, 0.05) is 24.2 Å². The van der Waals surface area contributed by atoms with E-state index in [4.69, 9.17) is 0 Å². The van der Waals surface area contributed by atoms with Gasteiger partial charge in [-0.05, 0) is 57.1 Å². The SMILES string of the molecule is CNCC1CCN(Cc2cc(C)nc3ccccc23)C1. The quantitative estimate of drug-likeness (QED) is 0.924. The van der Waals surface area contributed by atoms with Crippen LogP contribution in [0.1, 0.15) is 17.7 Å². The average Bonchev–Trinajstić information content (AvgIpc) is 2.86. The Hall–Kier alpha value is -1.45. The number of pyridine rings is 1. The molecule has 1 fully saturated rings. The number of aromatic nitrogens is 1. The van der Waals surface area contributed by atoms with Crippen molar-refractivity contribution in [2.45, 2.75) is 19.9 Å². The molecule has 1 N–H and O–H groups in total. The van der Waals surface area contributed by atoms with E-state index in [1.54, 1.807) is 0 Å². The third-order valence-corrected chi connectivity index (χ3v) is 4.19. The number of benzene rings is 1. The summed E-state index contributed by atoms with van der Waals surface area (Å²) in [6.45, 7) is 6.68. The fourth-order valence-electron chi connectivity index (χ4n) is 3.28. The van der Waals surface area contributed by atoms with Gasteiger partial charge in [-0.1, -0.05) is 18.2 Å². The van der Waals surface area contributed by atoms with Crippen LogP contribution in [0.3, 0.4) is 0 Å². The molecule has 0 radical (unpaired) electrons. The third kappa shape index (κ3) is 2.84. The molecular formula is C17H23N3. The van der Waals surface area contributed by atoms with Gasteiger partial charge in [-0.2, -0.15) is 0 Å². The Kier molecular flexibility index (Phi) is 3.99. The van der Waals surface area contributed by atoms with E-state index in [1.165, 1.54) is 30.5 Å². The second-order valence-corrected chi connectivity index (χ2v) is 5.89. The van der Waals surface area contributed by atoms with Crippen molar-refractivity contribution in [1.82, 2.24) is 15.2 Å². The van der Waals surface area contributed by atoms with Gasteiger partial charge in [0.2, 0.25) is 0 Å². The summed E-state index contributed by atoms with van der Waals surface area (Å²) in [7, 11) is 2.04. The average molecular weight is 269 g/mol. The Morgan fingerprint density at radius 1 is 1.35 bits per heavy atom. The zero-order valence-electron chi connectivity index (χ0n) is 12.4. The standard InChI is InChI=1S/C17H23N3/c1-13-9-15(16-5-3-4-6-17(16)19-13)12-20-8-7-14(11-20)10-18-2/h3-6,9,14,18H,7-8,10-12H2,1-2H3. The van der Waals surface area contributed by atoms with E-state index in [1.807, 2.05) is 7.05 Å². The normalized spacial score (nSPS) is 19.8. The van der Waals surface area contributed by atoms with Gasteiger partial charge in [-0.3, -0.25) is 9.88 Å². The first-order valence-corrected chi connectivity index (χ1v) is 7.48. The van der Waals surface area contributed by atoms with Crippen LogP contribution < -0.4 is 5.32 Å². The predicted octanol–water partition coefficient (Wildman–Crippen LogP) is 2.58. The van der Waals surface area contributed by atoms with Crippen LogP contribution in [-0.2, 0) is 6.54 Å². The zero-order chi connectivity index (χ0) is 13.9. The molecule has 2 heterocycles. The first-order chi connectivity index (χ1) is 9.76. The molecule has 3 heteroatoms. The molecule has 1 aromatic heterocycles. The van der Waals surface area contributed by atoms with E-state index in [2.05, 4.69) is 52.5 Å². The lowest BCUT2D eigenvalue weighted by molar-refractivity contribution is 0.316. The first kappa shape index (κ1) is 13.5. The fourth-order valence-corrected chi connectivity index (χ4v) is 3.28. The number of likely N-dealkylation sites (tertiary alicyclic amines) is 1. The van der Waals surface area contributed by atoms with Crippen molar-refractivity contribution in [3.05, 3.63) is 41.6 Å². The predicted molar refractivity (Wildman–Crippen MR) is 83.8 cm³/mol. The topological polar surface area (TPSA) is 28.2 Å². The molecule has 20 heavy (non-hydrogen) atoms. The molecular weight excluding hydrogens is 246 g/mol. The van der Waals surface area contributed by atoms with Crippen molar-refractivity contribution in [3.63, 3.8) is 0 Å². The molecule has 1 saturated heterocycles. The molecule has 1 aromatic carbocycles. The summed E-state index contributed by atoms with van der Waals surface area (Å²) < 4.78 is 0. The van der Waals surface area contributed by atoms with Crippen LogP contribution in [0.25, 0.3) is 10.9 Å². The minimum Gasteiger partial charge on any atom is -0.319 e. The molecule has 3 nitrogen and oxygen atoms in total. The van der Waals surface area contributed by atoms with Crippen molar-refractivity contribution >= 4 is 10.9 Å². The maximum Gasteiger partial charge on any atom is 0.0708 e. The highest BCUT2D eigenvalue weighted by molar-refractivity contribution is 5.82. The van der Waals surface area contributed by atoms with Crippen LogP contribution in [-0.4, -0.2) is 36.6 Å². The highest BCUT2D eigenvalue weighted by atomic mass is 15.1.